The van der Waals surface area contributed by atoms with Gasteiger partial charge in [-0.05, 0) is 62.3 Å². The van der Waals surface area contributed by atoms with Crippen LogP contribution in [0.25, 0.3) is 16.9 Å². The number of hydrogen-bond acceptors (Lipinski definition) is 4. The Labute approximate surface area is 167 Å². The minimum absolute atomic E-state index is 0.0881. The number of carbonyl (C=O) groups excluding carboxylic acids is 1. The number of aromatic nitrogens is 3. The highest BCUT2D eigenvalue weighted by molar-refractivity contribution is 5.80. The van der Waals surface area contributed by atoms with Gasteiger partial charge in [0.25, 0.3) is 0 Å². The number of hydrogen-bond donors (Lipinski definition) is 1. The van der Waals surface area contributed by atoms with Crippen LogP contribution < -0.4 is 11.0 Å². The van der Waals surface area contributed by atoms with E-state index in [0.717, 1.165) is 19.6 Å². The Hall–Kier alpha value is -3.00. The maximum Gasteiger partial charge on any atom is 0.335 e. The van der Waals surface area contributed by atoms with Crippen molar-refractivity contribution in [3.63, 3.8) is 0 Å². The molecule has 152 valence electrons. The van der Waals surface area contributed by atoms with Crippen molar-refractivity contribution in [1.82, 2.24) is 24.3 Å². The molecule has 0 radical (unpaired) electrons. The van der Waals surface area contributed by atoms with E-state index in [2.05, 4.69) is 15.2 Å². The van der Waals surface area contributed by atoms with Gasteiger partial charge in [-0.2, -0.15) is 0 Å². The van der Waals surface area contributed by atoms with Crippen LogP contribution in [0.1, 0.15) is 19.3 Å². The van der Waals surface area contributed by atoms with Crippen molar-refractivity contribution in [2.24, 2.45) is 0 Å². The Morgan fingerprint density at radius 2 is 1.86 bits per heavy atom. The predicted octanol–water partition coefficient (Wildman–Crippen LogP) is 1.93. The molecule has 0 unspecified atom stereocenters. The third kappa shape index (κ3) is 4.22. The van der Waals surface area contributed by atoms with Crippen molar-refractivity contribution >= 4 is 17.1 Å². The molecule has 1 fully saturated rings. The van der Waals surface area contributed by atoms with Crippen LogP contribution >= 0.6 is 0 Å². The molecule has 0 aliphatic carbocycles. The Morgan fingerprint density at radius 1 is 1.10 bits per heavy atom. The van der Waals surface area contributed by atoms with E-state index in [1.807, 2.05) is 0 Å². The third-order valence-electron chi connectivity index (χ3n) is 5.28. The molecule has 8 heteroatoms. The number of rotatable bonds is 6. The molecule has 4 rings (SSSR count). The highest BCUT2D eigenvalue weighted by Gasteiger charge is 2.18. The number of piperidine rings is 1. The summed E-state index contributed by atoms with van der Waals surface area (Å²) in [5.74, 6) is -0.599. The summed E-state index contributed by atoms with van der Waals surface area (Å²) >= 11 is 0. The minimum atomic E-state index is -0.383. The van der Waals surface area contributed by atoms with Crippen molar-refractivity contribution < 1.29 is 9.18 Å². The van der Waals surface area contributed by atoms with E-state index in [-0.39, 0.29) is 24.0 Å². The molecule has 0 saturated carbocycles. The highest BCUT2D eigenvalue weighted by Crippen LogP contribution is 2.16. The Kier molecular flexibility index (Phi) is 5.71. The van der Waals surface area contributed by atoms with Gasteiger partial charge < -0.3 is 10.2 Å². The molecule has 3 aromatic rings. The number of halogens is 1. The molecule has 0 atom stereocenters. The summed E-state index contributed by atoms with van der Waals surface area (Å²) in [5.41, 5.74) is 1.12. The van der Waals surface area contributed by atoms with Crippen molar-refractivity contribution in [1.29, 1.82) is 0 Å². The number of fused-ring (bicyclic) bond motifs is 1. The van der Waals surface area contributed by atoms with Crippen molar-refractivity contribution in [3.05, 3.63) is 58.9 Å². The summed E-state index contributed by atoms with van der Waals surface area (Å²) < 4.78 is 16.1. The van der Waals surface area contributed by atoms with Crippen LogP contribution in [0.2, 0.25) is 0 Å². The monoisotopic (exact) mass is 397 g/mol. The summed E-state index contributed by atoms with van der Waals surface area (Å²) in [5, 5.41) is 2.91. The average molecular weight is 397 g/mol. The lowest BCUT2D eigenvalue weighted by Crippen LogP contribution is -2.39. The maximum absolute atomic E-state index is 13.3. The van der Waals surface area contributed by atoms with E-state index < -0.39 is 0 Å². The molecule has 1 saturated heterocycles. The number of nitrogens with one attached hydrogen (secondary N) is 1. The van der Waals surface area contributed by atoms with Crippen LogP contribution in [-0.4, -0.2) is 51.1 Å². The van der Waals surface area contributed by atoms with Gasteiger partial charge in [-0.25, -0.2) is 18.7 Å². The lowest BCUT2D eigenvalue weighted by atomic mass is 10.1. The van der Waals surface area contributed by atoms with Gasteiger partial charge in [0.2, 0.25) is 5.91 Å². The van der Waals surface area contributed by atoms with E-state index in [0.29, 0.717) is 23.4 Å². The first kappa shape index (κ1) is 19.3. The van der Waals surface area contributed by atoms with Gasteiger partial charge in [-0.3, -0.25) is 9.36 Å². The van der Waals surface area contributed by atoms with Crippen molar-refractivity contribution in [2.45, 2.75) is 25.8 Å². The van der Waals surface area contributed by atoms with Gasteiger partial charge in [0.1, 0.15) is 12.4 Å². The summed E-state index contributed by atoms with van der Waals surface area (Å²) in [4.78, 5) is 32.2. The second-order valence-corrected chi connectivity index (χ2v) is 7.28. The fraction of sp³-hybridized carbons (Fsp3) is 0.381. The average Bonchev–Trinajstić information content (AvgIpc) is 3.01. The molecule has 1 aliphatic rings. The molecular formula is C21H24FN5O2. The Bertz CT molecular complexity index is 1050. The van der Waals surface area contributed by atoms with Crippen LogP contribution in [-0.2, 0) is 11.3 Å². The largest absolute Gasteiger partial charge is 0.353 e. The lowest BCUT2D eigenvalue weighted by Gasteiger charge is -2.26. The van der Waals surface area contributed by atoms with E-state index in [4.69, 9.17) is 0 Å². The summed E-state index contributed by atoms with van der Waals surface area (Å²) in [7, 11) is 0. The topological polar surface area (TPSA) is 72.2 Å². The number of amides is 1. The third-order valence-corrected chi connectivity index (χ3v) is 5.28. The number of imidazole rings is 1. The summed E-state index contributed by atoms with van der Waals surface area (Å²) in [6.07, 6.45) is 5.28. The summed E-state index contributed by atoms with van der Waals surface area (Å²) in [6.45, 7) is 3.44. The quantitative estimate of drug-likeness (QED) is 0.690. The molecular weight excluding hydrogens is 373 g/mol. The summed E-state index contributed by atoms with van der Waals surface area (Å²) in [6, 6.07) is 9.11. The Balaban J connectivity index is 1.53. The minimum Gasteiger partial charge on any atom is -0.353 e. The second kappa shape index (κ2) is 8.57. The van der Waals surface area contributed by atoms with Crippen LogP contribution in [0.3, 0.4) is 0 Å². The lowest BCUT2D eigenvalue weighted by molar-refractivity contribution is -0.121. The number of carbonyl (C=O) groups is 1. The van der Waals surface area contributed by atoms with E-state index in [9.17, 15) is 14.0 Å². The first-order valence-corrected chi connectivity index (χ1v) is 9.95. The molecule has 2 aromatic heterocycles. The number of likely N-dealkylation sites (tertiary alicyclic amines) is 1. The highest BCUT2D eigenvalue weighted by atomic mass is 19.1. The SMILES string of the molecule is O=C(Cn1c(=O)n(-c2ccc(F)cc2)c2ncccc21)NCCN1CCCCC1. The van der Waals surface area contributed by atoms with Gasteiger partial charge in [-0.1, -0.05) is 6.42 Å². The van der Waals surface area contributed by atoms with Crippen molar-refractivity contribution in [3.8, 4) is 5.69 Å². The van der Waals surface area contributed by atoms with E-state index >= 15 is 0 Å². The van der Waals surface area contributed by atoms with Crippen LogP contribution in [0.4, 0.5) is 4.39 Å². The van der Waals surface area contributed by atoms with Crippen molar-refractivity contribution in [2.75, 3.05) is 26.2 Å². The smallest absolute Gasteiger partial charge is 0.335 e. The molecule has 0 spiro atoms. The standard InChI is InChI=1S/C21H24FN5O2/c22-16-6-8-17(9-7-16)27-20-18(5-4-10-24-20)26(21(27)29)15-19(28)23-11-14-25-12-2-1-3-13-25/h4-10H,1-3,11-15H2,(H,23,28). The normalized spacial score (nSPS) is 14.9. The molecule has 1 aromatic carbocycles. The number of benzene rings is 1. The van der Waals surface area contributed by atoms with Crippen LogP contribution in [0, 0.1) is 5.82 Å². The van der Waals surface area contributed by atoms with Crippen LogP contribution in [0.15, 0.2) is 47.4 Å². The van der Waals surface area contributed by atoms with Gasteiger partial charge >= 0.3 is 5.69 Å². The number of nitrogens with zero attached hydrogens (tertiary/aromatic N) is 4. The molecule has 7 nitrogen and oxygen atoms in total. The van der Waals surface area contributed by atoms with Crippen LogP contribution in [0.5, 0.6) is 0 Å². The molecule has 1 amide bonds. The zero-order chi connectivity index (χ0) is 20.2. The predicted molar refractivity (Wildman–Crippen MR) is 109 cm³/mol. The zero-order valence-electron chi connectivity index (χ0n) is 16.2. The molecule has 0 bridgehead atoms. The van der Waals surface area contributed by atoms with E-state index in [1.165, 1.54) is 52.7 Å². The molecule has 29 heavy (non-hydrogen) atoms. The van der Waals surface area contributed by atoms with Gasteiger partial charge in [0.15, 0.2) is 5.65 Å². The van der Waals surface area contributed by atoms with Gasteiger partial charge in [0, 0.05) is 19.3 Å². The van der Waals surface area contributed by atoms with E-state index in [1.54, 1.807) is 18.3 Å². The molecule has 1 aliphatic heterocycles. The number of pyridine rings is 1. The molecule has 3 heterocycles. The fourth-order valence-electron chi connectivity index (χ4n) is 3.80. The first-order valence-electron chi connectivity index (χ1n) is 9.95. The molecule has 1 N–H and O–H groups in total. The zero-order valence-corrected chi connectivity index (χ0v) is 16.2. The first-order chi connectivity index (χ1) is 14.1. The maximum atomic E-state index is 13.3. The van der Waals surface area contributed by atoms with Gasteiger partial charge in [0.05, 0.1) is 11.2 Å². The fourth-order valence-corrected chi connectivity index (χ4v) is 3.80. The van der Waals surface area contributed by atoms with Gasteiger partial charge in [-0.15, -0.1) is 0 Å². The second-order valence-electron chi connectivity index (χ2n) is 7.28. The Morgan fingerprint density at radius 3 is 2.62 bits per heavy atom.